The van der Waals surface area contributed by atoms with Crippen LogP contribution in [-0.4, -0.2) is 82.1 Å². The number of aromatic nitrogens is 5. The fourth-order valence-corrected chi connectivity index (χ4v) is 4.94. The van der Waals surface area contributed by atoms with Gasteiger partial charge in [0.15, 0.2) is 0 Å². The van der Waals surface area contributed by atoms with E-state index in [0.29, 0.717) is 19.2 Å². The van der Waals surface area contributed by atoms with E-state index < -0.39 is 0 Å². The van der Waals surface area contributed by atoms with Crippen LogP contribution in [-0.2, 0) is 11.2 Å². The number of piperidine rings is 1. The Morgan fingerprint density at radius 2 is 1.71 bits per heavy atom. The average molecular weight is 476 g/mol. The van der Waals surface area contributed by atoms with Gasteiger partial charge in [-0.25, -0.2) is 19.9 Å². The fourth-order valence-electron chi connectivity index (χ4n) is 4.94. The quantitative estimate of drug-likeness (QED) is 0.568. The predicted octanol–water partition coefficient (Wildman–Crippen LogP) is 1.40. The van der Waals surface area contributed by atoms with Crippen molar-refractivity contribution in [2.24, 2.45) is 0 Å². The minimum atomic E-state index is -0.217. The first-order valence-electron chi connectivity index (χ1n) is 12.1. The third kappa shape index (κ3) is 4.32. The lowest BCUT2D eigenvalue weighted by Crippen LogP contribution is -2.37. The van der Waals surface area contributed by atoms with E-state index in [1.165, 1.54) is 0 Å². The van der Waals surface area contributed by atoms with Gasteiger partial charge in [0.2, 0.25) is 11.9 Å². The van der Waals surface area contributed by atoms with Crippen molar-refractivity contribution in [2.75, 3.05) is 66.4 Å². The average Bonchev–Trinajstić information content (AvgIpc) is 3.34. The molecule has 182 valence electrons. The number of aliphatic hydroxyl groups is 1. The van der Waals surface area contributed by atoms with E-state index >= 15 is 0 Å². The molecule has 3 aromatic heterocycles. The normalized spacial score (nSPS) is 18.7. The van der Waals surface area contributed by atoms with Gasteiger partial charge in [0.05, 0.1) is 25.0 Å². The summed E-state index contributed by atoms with van der Waals surface area (Å²) < 4.78 is 5.54. The van der Waals surface area contributed by atoms with Gasteiger partial charge >= 0.3 is 0 Å². The molecule has 3 aliphatic rings. The summed E-state index contributed by atoms with van der Waals surface area (Å²) in [6, 6.07) is 4.15. The van der Waals surface area contributed by atoms with Gasteiger partial charge in [-0.3, -0.25) is 0 Å². The number of ether oxygens (including phenoxy) is 1. The highest BCUT2D eigenvalue weighted by Gasteiger charge is 2.30. The number of pyridine rings is 1. The molecule has 0 aliphatic carbocycles. The lowest BCUT2D eigenvalue weighted by molar-refractivity contribution is 0.122. The molecule has 3 aromatic rings. The number of anilines is 5. The predicted molar refractivity (Wildman–Crippen MR) is 133 cm³/mol. The summed E-state index contributed by atoms with van der Waals surface area (Å²) >= 11 is 0. The van der Waals surface area contributed by atoms with Crippen molar-refractivity contribution >= 4 is 29.2 Å². The molecule has 0 saturated carbocycles. The van der Waals surface area contributed by atoms with Gasteiger partial charge in [0, 0.05) is 74.2 Å². The Hall–Kier alpha value is -3.57. The van der Waals surface area contributed by atoms with Crippen LogP contribution >= 0.6 is 0 Å². The molecule has 0 aromatic carbocycles. The number of nitrogens with zero attached hydrogens (tertiary/aromatic N) is 8. The van der Waals surface area contributed by atoms with Crippen LogP contribution in [0.1, 0.15) is 18.4 Å². The minimum Gasteiger partial charge on any atom is -0.393 e. The van der Waals surface area contributed by atoms with Gasteiger partial charge in [0.1, 0.15) is 11.6 Å². The number of aliphatic hydroxyl groups excluding tert-OH is 1. The Kier molecular flexibility index (Phi) is 5.78. The molecule has 0 unspecified atom stereocenters. The van der Waals surface area contributed by atoms with Gasteiger partial charge in [-0.2, -0.15) is 4.98 Å². The molecule has 6 rings (SSSR count). The van der Waals surface area contributed by atoms with Gasteiger partial charge in [0.25, 0.3) is 0 Å². The second-order valence-corrected chi connectivity index (χ2v) is 9.10. The summed E-state index contributed by atoms with van der Waals surface area (Å²) in [6.45, 7) is 5.21. The summed E-state index contributed by atoms with van der Waals surface area (Å²) in [5, 5.41) is 9.88. The molecule has 0 atom stereocenters. The SMILES string of the molecule is Nc1ncc(-c2nc(N3CCOCC3)nc3c2CCN3c2ccnc(N3CCC(O)CC3)c2)cn1. The molecular weight excluding hydrogens is 446 g/mol. The van der Waals surface area contributed by atoms with Crippen LogP contribution in [0.4, 0.5) is 29.2 Å². The second kappa shape index (κ2) is 9.23. The Labute approximate surface area is 203 Å². The first kappa shape index (κ1) is 21.9. The van der Waals surface area contributed by atoms with Gasteiger partial charge in [-0.05, 0) is 25.3 Å². The molecule has 6 heterocycles. The van der Waals surface area contributed by atoms with E-state index in [1.54, 1.807) is 12.4 Å². The molecule has 0 amide bonds. The lowest BCUT2D eigenvalue weighted by atomic mass is 10.1. The van der Waals surface area contributed by atoms with E-state index in [2.05, 4.69) is 35.7 Å². The number of fused-ring (bicyclic) bond motifs is 1. The summed E-state index contributed by atoms with van der Waals surface area (Å²) in [5.74, 6) is 2.76. The van der Waals surface area contributed by atoms with Crippen molar-refractivity contribution in [3.8, 4) is 11.3 Å². The monoisotopic (exact) mass is 475 g/mol. The van der Waals surface area contributed by atoms with Crippen LogP contribution in [0.25, 0.3) is 11.3 Å². The van der Waals surface area contributed by atoms with Crippen molar-refractivity contribution in [3.63, 3.8) is 0 Å². The molecule has 2 fully saturated rings. The molecule has 3 aliphatic heterocycles. The standard InChI is InChI=1S/C24H29N9O2/c25-23-27-14-16(15-28-23)21-19-4-8-33(22(19)30-24(29-21)32-9-11-35-12-10-32)17-1-5-26-20(13-17)31-6-2-18(34)3-7-31/h1,5,13-15,18,34H,2-4,6-12H2,(H2,25,27,28). The van der Waals surface area contributed by atoms with Gasteiger partial charge in [-0.15, -0.1) is 0 Å². The zero-order valence-corrected chi connectivity index (χ0v) is 19.5. The molecular formula is C24H29N9O2. The van der Waals surface area contributed by atoms with Crippen molar-refractivity contribution in [1.29, 1.82) is 0 Å². The molecule has 3 N–H and O–H groups in total. The van der Waals surface area contributed by atoms with E-state index in [9.17, 15) is 5.11 Å². The lowest BCUT2D eigenvalue weighted by Gasteiger charge is -2.31. The third-order valence-corrected chi connectivity index (χ3v) is 6.88. The van der Waals surface area contributed by atoms with E-state index in [4.69, 9.17) is 20.4 Å². The second-order valence-electron chi connectivity index (χ2n) is 9.10. The summed E-state index contributed by atoms with van der Waals surface area (Å²) in [5.41, 5.74) is 9.54. The zero-order chi connectivity index (χ0) is 23.8. The molecule has 0 radical (unpaired) electrons. The first-order chi connectivity index (χ1) is 17.2. The molecule has 35 heavy (non-hydrogen) atoms. The molecule has 0 bridgehead atoms. The number of hydrogen-bond donors (Lipinski definition) is 2. The van der Waals surface area contributed by atoms with Crippen molar-refractivity contribution in [1.82, 2.24) is 24.9 Å². The topological polar surface area (TPSA) is 130 Å². The van der Waals surface area contributed by atoms with E-state index in [0.717, 1.165) is 86.1 Å². The van der Waals surface area contributed by atoms with Crippen LogP contribution in [0.3, 0.4) is 0 Å². The Morgan fingerprint density at radius 1 is 0.943 bits per heavy atom. The van der Waals surface area contributed by atoms with Crippen molar-refractivity contribution in [3.05, 3.63) is 36.3 Å². The highest BCUT2D eigenvalue weighted by atomic mass is 16.5. The number of nitrogen functional groups attached to an aromatic ring is 1. The zero-order valence-electron chi connectivity index (χ0n) is 19.5. The van der Waals surface area contributed by atoms with Crippen LogP contribution in [0.2, 0.25) is 0 Å². The van der Waals surface area contributed by atoms with Crippen LogP contribution in [0, 0.1) is 0 Å². The molecule has 11 heteroatoms. The smallest absolute Gasteiger partial charge is 0.228 e. The maximum Gasteiger partial charge on any atom is 0.228 e. The first-order valence-corrected chi connectivity index (χ1v) is 12.1. The van der Waals surface area contributed by atoms with Crippen LogP contribution in [0.15, 0.2) is 30.7 Å². The largest absolute Gasteiger partial charge is 0.393 e. The maximum atomic E-state index is 9.88. The Morgan fingerprint density at radius 3 is 2.49 bits per heavy atom. The van der Waals surface area contributed by atoms with E-state index in [-0.39, 0.29) is 12.1 Å². The number of rotatable bonds is 4. The van der Waals surface area contributed by atoms with E-state index in [1.807, 2.05) is 12.3 Å². The van der Waals surface area contributed by atoms with Gasteiger partial charge < -0.3 is 30.3 Å². The number of morpholine rings is 1. The maximum absolute atomic E-state index is 9.88. The highest BCUT2D eigenvalue weighted by Crippen LogP contribution is 2.39. The van der Waals surface area contributed by atoms with Crippen LogP contribution in [0.5, 0.6) is 0 Å². The third-order valence-electron chi connectivity index (χ3n) is 6.88. The minimum absolute atomic E-state index is 0.217. The molecule has 11 nitrogen and oxygen atoms in total. The van der Waals surface area contributed by atoms with Crippen molar-refractivity contribution < 1.29 is 9.84 Å². The summed E-state index contributed by atoms with van der Waals surface area (Å²) in [4.78, 5) is 29.7. The molecule has 2 saturated heterocycles. The fraction of sp³-hybridized carbons (Fsp3) is 0.458. The molecule has 0 spiro atoms. The van der Waals surface area contributed by atoms with Crippen LogP contribution < -0.4 is 20.4 Å². The van der Waals surface area contributed by atoms with Gasteiger partial charge in [-0.1, -0.05) is 0 Å². The Bertz CT molecular complexity index is 1190. The number of hydrogen-bond acceptors (Lipinski definition) is 11. The Balaban J connectivity index is 1.39. The summed E-state index contributed by atoms with van der Waals surface area (Å²) in [7, 11) is 0. The number of nitrogens with two attached hydrogens (primary N) is 1. The highest BCUT2D eigenvalue weighted by molar-refractivity contribution is 5.77. The van der Waals surface area contributed by atoms with Crippen molar-refractivity contribution in [2.45, 2.75) is 25.4 Å². The summed E-state index contributed by atoms with van der Waals surface area (Å²) in [6.07, 6.45) is 7.44.